The van der Waals surface area contributed by atoms with Crippen molar-refractivity contribution in [2.24, 2.45) is 0 Å². The zero-order chi connectivity index (χ0) is 34.7. The second-order valence-electron chi connectivity index (χ2n) is 8.48. The van der Waals surface area contributed by atoms with Gasteiger partial charge in [-0.25, -0.2) is 19.9 Å². The highest BCUT2D eigenvalue weighted by molar-refractivity contribution is 5.83. The molecule has 7 rings (SSSR count). The van der Waals surface area contributed by atoms with Gasteiger partial charge >= 0.3 is 0 Å². The molecule has 0 fully saturated rings. The van der Waals surface area contributed by atoms with Crippen molar-refractivity contribution < 1.29 is 13.7 Å². The fraction of sp³-hybridized carbons (Fsp3) is 0. The number of aromatic nitrogens is 5. The number of imidazole rings is 1. The van der Waals surface area contributed by atoms with E-state index >= 15 is 0 Å². The van der Waals surface area contributed by atoms with Gasteiger partial charge in [0.25, 0.3) is 0 Å². The molecule has 5 heteroatoms. The Hall–Kier alpha value is -5.42. The van der Waals surface area contributed by atoms with E-state index in [-0.39, 0.29) is 28.6 Å². The van der Waals surface area contributed by atoms with Gasteiger partial charge in [0.1, 0.15) is 5.82 Å². The Kier molecular flexibility index (Phi) is 3.64. The van der Waals surface area contributed by atoms with Crippen LogP contribution in [0.15, 0.2) is 139 Å². The molecule has 0 radical (unpaired) electrons. The third-order valence-electron chi connectivity index (χ3n) is 6.04. The van der Waals surface area contributed by atoms with Gasteiger partial charge in [-0.15, -0.1) is 0 Å². The molecule has 5 aromatic carbocycles. The van der Waals surface area contributed by atoms with Crippen molar-refractivity contribution in [2.45, 2.75) is 0 Å². The Morgan fingerprint density at radius 2 is 1.05 bits per heavy atom. The summed E-state index contributed by atoms with van der Waals surface area (Å²) >= 11 is 0. The minimum Gasteiger partial charge on any atom is -0.292 e. The highest BCUT2D eigenvalue weighted by atomic mass is 15.1. The largest absolute Gasteiger partial charge is 0.292 e. The molecule has 5 nitrogen and oxygen atoms in total. The maximum Gasteiger partial charge on any atom is 0.164 e. The summed E-state index contributed by atoms with van der Waals surface area (Å²) in [6.07, 6.45) is 0. The third kappa shape index (κ3) is 4.36. The molecule has 7 aromatic rings. The Bertz CT molecular complexity index is 2320. The topological polar surface area (TPSA) is 56.5 Å². The zero-order valence-electron chi connectivity index (χ0n) is 30.2. The van der Waals surface area contributed by atoms with Gasteiger partial charge in [0.15, 0.2) is 17.5 Å². The Morgan fingerprint density at radius 1 is 0.487 bits per heavy atom. The first kappa shape index (κ1) is 14.5. The van der Waals surface area contributed by atoms with E-state index in [9.17, 15) is 0 Å². The minimum atomic E-state index is -0.607. The van der Waals surface area contributed by atoms with Crippen molar-refractivity contribution in [1.29, 1.82) is 0 Å². The second kappa shape index (κ2) is 9.80. The summed E-state index contributed by atoms with van der Waals surface area (Å²) < 4.78 is 85.2. The summed E-state index contributed by atoms with van der Waals surface area (Å²) in [6, 6.07) is 18.5. The first-order valence-electron chi connectivity index (χ1n) is 17.0. The Morgan fingerprint density at radius 3 is 1.72 bits per heavy atom. The van der Waals surface area contributed by atoms with Crippen molar-refractivity contribution in [3.05, 3.63) is 139 Å². The summed E-state index contributed by atoms with van der Waals surface area (Å²) in [6.45, 7) is 0. The number of para-hydroxylation sites is 2. The summed E-state index contributed by atoms with van der Waals surface area (Å²) in [5.74, 6) is -0.0000664. The third-order valence-corrected chi connectivity index (χ3v) is 6.04. The van der Waals surface area contributed by atoms with E-state index in [2.05, 4.69) is 15.0 Å². The van der Waals surface area contributed by atoms with Crippen LogP contribution in [-0.2, 0) is 0 Å². The van der Waals surface area contributed by atoms with Crippen molar-refractivity contribution in [3.8, 4) is 51.2 Å². The molecular weight excluding hydrogens is 478 g/mol. The fourth-order valence-electron chi connectivity index (χ4n) is 4.30. The van der Waals surface area contributed by atoms with E-state index in [0.717, 1.165) is 16.6 Å². The van der Waals surface area contributed by atoms with Crippen LogP contribution in [0.3, 0.4) is 0 Å². The molecule has 2 heterocycles. The average molecular weight is 512 g/mol. The molecule has 0 saturated carbocycles. The van der Waals surface area contributed by atoms with Crippen LogP contribution in [0.2, 0.25) is 0 Å². The summed E-state index contributed by atoms with van der Waals surface area (Å²) in [4.78, 5) is 18.4. The van der Waals surface area contributed by atoms with Gasteiger partial charge in [-0.2, -0.15) is 0 Å². The lowest BCUT2D eigenvalue weighted by atomic mass is 10.1. The lowest BCUT2D eigenvalue weighted by Gasteiger charge is -2.12. The second-order valence-corrected chi connectivity index (χ2v) is 8.48. The van der Waals surface area contributed by atoms with E-state index in [4.69, 9.17) is 18.7 Å². The van der Waals surface area contributed by atoms with Gasteiger partial charge in [0.05, 0.1) is 24.7 Å². The number of hydrogen-bond donors (Lipinski definition) is 0. The zero-order valence-corrected chi connectivity index (χ0v) is 20.2. The molecule has 0 spiro atoms. The van der Waals surface area contributed by atoms with E-state index in [0.29, 0.717) is 17.1 Å². The van der Waals surface area contributed by atoms with Crippen molar-refractivity contribution in [3.63, 3.8) is 0 Å². The van der Waals surface area contributed by atoms with E-state index in [1.165, 1.54) is 0 Å². The Labute approximate surface area is 240 Å². The highest BCUT2D eigenvalue weighted by Crippen LogP contribution is 2.31. The lowest BCUT2D eigenvalue weighted by Crippen LogP contribution is -2.01. The summed E-state index contributed by atoms with van der Waals surface area (Å²) in [5, 5.41) is 0. The molecule has 0 bridgehead atoms. The SMILES string of the molecule is [2H]c1c([2H])c([2H])c(-c2nc(-c3cccc(-n4c(-c5ccccc5)nc5ccccc54)c3)nc(-c3c([2H])c([2H])c([2H])c([2H])c3[2H])n2)c([2H])c1[2H]. The number of benzene rings is 5. The van der Waals surface area contributed by atoms with Crippen molar-refractivity contribution in [2.75, 3.05) is 0 Å². The van der Waals surface area contributed by atoms with Crippen LogP contribution in [0.1, 0.15) is 13.7 Å². The van der Waals surface area contributed by atoms with Crippen molar-refractivity contribution >= 4 is 11.0 Å². The normalized spacial score (nSPS) is 14.7. The minimum absolute atomic E-state index is 0.0221. The van der Waals surface area contributed by atoms with Gasteiger partial charge in [-0.1, -0.05) is 115 Å². The molecule has 0 aliphatic carbocycles. The van der Waals surface area contributed by atoms with Crippen LogP contribution in [0, 0.1) is 0 Å². The monoisotopic (exact) mass is 511 g/mol. The number of hydrogen-bond acceptors (Lipinski definition) is 4. The molecule has 39 heavy (non-hydrogen) atoms. The molecular formula is C34H23N5. The van der Waals surface area contributed by atoms with E-state index in [1.807, 2.05) is 65.2 Å². The standard InChI is InChI=1S/C34H23N5/c1-4-13-24(14-5-1)31-36-32(25-15-6-2-7-16-25)38-33(37-31)27-19-12-20-28(23-27)39-30-22-11-10-21-29(30)35-34(39)26-17-8-3-9-18-26/h1-23H/i1D,2D,4D,5D,6D,7D,13D,14D,15D,16D. The van der Waals surface area contributed by atoms with Crippen LogP contribution in [0.4, 0.5) is 0 Å². The van der Waals surface area contributed by atoms with Gasteiger partial charge in [-0.3, -0.25) is 4.57 Å². The van der Waals surface area contributed by atoms with Crippen LogP contribution >= 0.6 is 0 Å². The predicted molar refractivity (Wildman–Crippen MR) is 156 cm³/mol. The van der Waals surface area contributed by atoms with Crippen LogP contribution < -0.4 is 0 Å². The van der Waals surface area contributed by atoms with E-state index in [1.54, 1.807) is 18.2 Å². The quantitative estimate of drug-likeness (QED) is 0.236. The van der Waals surface area contributed by atoms with Gasteiger partial charge in [0.2, 0.25) is 0 Å². The number of fused-ring (bicyclic) bond motifs is 1. The number of rotatable bonds is 5. The molecule has 2 aromatic heterocycles. The summed E-state index contributed by atoms with van der Waals surface area (Å²) in [5.41, 5.74) is 2.90. The molecule has 0 N–H and O–H groups in total. The first-order valence-corrected chi connectivity index (χ1v) is 12.0. The van der Waals surface area contributed by atoms with Gasteiger partial charge in [-0.05, 0) is 24.3 Å². The highest BCUT2D eigenvalue weighted by Gasteiger charge is 2.16. The predicted octanol–water partition coefficient (Wildman–Crippen LogP) is 7.88. The van der Waals surface area contributed by atoms with Gasteiger partial charge < -0.3 is 0 Å². The molecule has 0 amide bonds. The van der Waals surface area contributed by atoms with Crippen LogP contribution in [-0.4, -0.2) is 24.5 Å². The maximum atomic E-state index is 8.57. The smallest absolute Gasteiger partial charge is 0.164 e. The number of nitrogens with zero attached hydrogens (tertiary/aromatic N) is 5. The molecule has 0 saturated heterocycles. The van der Waals surface area contributed by atoms with E-state index < -0.39 is 60.4 Å². The van der Waals surface area contributed by atoms with Crippen LogP contribution in [0.5, 0.6) is 0 Å². The first-order chi connectivity index (χ1) is 23.5. The summed E-state index contributed by atoms with van der Waals surface area (Å²) in [7, 11) is 0. The fourth-order valence-corrected chi connectivity index (χ4v) is 4.30. The molecule has 0 aliphatic rings. The maximum absolute atomic E-state index is 8.57. The molecule has 0 atom stereocenters. The molecule has 0 unspecified atom stereocenters. The molecule has 0 aliphatic heterocycles. The van der Waals surface area contributed by atoms with Crippen molar-refractivity contribution in [1.82, 2.24) is 24.5 Å². The van der Waals surface area contributed by atoms with Gasteiger partial charge in [0, 0.05) is 27.9 Å². The average Bonchev–Trinajstić information content (AvgIpc) is 3.52. The van der Waals surface area contributed by atoms with Crippen LogP contribution in [0.25, 0.3) is 62.3 Å². The Balaban J connectivity index is 1.51. The molecule has 184 valence electrons. The lowest BCUT2D eigenvalue weighted by molar-refractivity contribution is 1.07.